The predicted molar refractivity (Wildman–Crippen MR) is 131 cm³/mol. The summed E-state index contributed by atoms with van der Waals surface area (Å²) in [6, 6.07) is 7.47. The molecule has 0 aliphatic rings. The van der Waals surface area contributed by atoms with Gasteiger partial charge in [-0.25, -0.2) is 9.18 Å². The molecule has 6 nitrogen and oxygen atoms in total. The molecule has 0 unspecified atom stereocenters. The molecule has 0 radical (unpaired) electrons. The van der Waals surface area contributed by atoms with Gasteiger partial charge in [-0.2, -0.15) is 0 Å². The molecule has 2 N–H and O–H groups in total. The number of aliphatic hydroxyl groups is 1. The summed E-state index contributed by atoms with van der Waals surface area (Å²) in [6.07, 6.45) is 1.74. The zero-order valence-electron chi connectivity index (χ0n) is 19.6. The number of carbonyl (C=O) groups is 1. The lowest BCUT2D eigenvalue weighted by Gasteiger charge is -2.24. The highest BCUT2D eigenvalue weighted by Gasteiger charge is 2.22. The maximum Gasteiger partial charge on any atom is 0.341 e. The number of aromatic carboxylic acids is 1. The van der Waals surface area contributed by atoms with E-state index in [1.54, 1.807) is 28.8 Å². The Bertz CT molecular complexity index is 1270. The number of fused-ring (bicyclic) bond motifs is 1. The summed E-state index contributed by atoms with van der Waals surface area (Å²) >= 11 is 5.94. The molecule has 8 heteroatoms. The minimum absolute atomic E-state index is 0.0143. The molecule has 182 valence electrons. The fourth-order valence-corrected chi connectivity index (χ4v) is 4.28. The summed E-state index contributed by atoms with van der Waals surface area (Å²) in [4.78, 5) is 25.0. The fourth-order valence-electron chi connectivity index (χ4n) is 4.09. The molecule has 0 bridgehead atoms. The molecule has 0 amide bonds. The minimum Gasteiger partial charge on any atom is -0.491 e. The third-order valence-corrected chi connectivity index (χ3v) is 5.86. The molecule has 3 rings (SSSR count). The lowest BCUT2D eigenvalue weighted by atomic mass is 9.98. The standard InChI is InChI=1S/C26H29ClFNO5/c1-14(2)8-18(13-30)29-12-20(26(32)33)25(31)19-10-17(23(11-22(19)29)34-15(3)4)9-16-6-5-7-21(27)24(16)28/h5-7,10-12,14-15,18,30H,8-9,13H2,1-4H3,(H,32,33)/t18-/m0/s1. The molecule has 0 aliphatic heterocycles. The van der Waals surface area contributed by atoms with Crippen molar-refractivity contribution >= 4 is 28.5 Å². The number of pyridine rings is 1. The zero-order chi connectivity index (χ0) is 25.2. The number of aromatic nitrogens is 1. The van der Waals surface area contributed by atoms with Gasteiger partial charge in [0.1, 0.15) is 17.1 Å². The van der Waals surface area contributed by atoms with Gasteiger partial charge in [0, 0.05) is 24.1 Å². The van der Waals surface area contributed by atoms with E-state index >= 15 is 0 Å². The van der Waals surface area contributed by atoms with Gasteiger partial charge in [-0.15, -0.1) is 0 Å². The maximum absolute atomic E-state index is 14.6. The van der Waals surface area contributed by atoms with Crippen molar-refractivity contribution in [3.05, 3.63) is 74.3 Å². The quantitative estimate of drug-likeness (QED) is 0.417. The first kappa shape index (κ1) is 25.7. The van der Waals surface area contributed by atoms with Crippen molar-refractivity contribution in [2.75, 3.05) is 6.61 Å². The summed E-state index contributed by atoms with van der Waals surface area (Å²) in [6.45, 7) is 7.46. The second kappa shape index (κ2) is 10.6. The number of benzene rings is 2. The maximum atomic E-state index is 14.6. The van der Waals surface area contributed by atoms with Crippen molar-refractivity contribution < 1.29 is 24.1 Å². The molecular formula is C26H29ClFNO5. The number of nitrogens with zero attached hydrogens (tertiary/aromatic N) is 1. The van der Waals surface area contributed by atoms with Crippen LogP contribution in [0.3, 0.4) is 0 Å². The number of halogens is 2. The van der Waals surface area contributed by atoms with E-state index in [0.717, 1.165) is 0 Å². The Balaban J connectivity index is 2.33. The van der Waals surface area contributed by atoms with Crippen molar-refractivity contribution in [2.24, 2.45) is 5.92 Å². The average molecular weight is 490 g/mol. The van der Waals surface area contributed by atoms with Crippen LogP contribution in [0.15, 0.2) is 41.3 Å². The molecule has 0 fully saturated rings. The Kier molecular flexibility index (Phi) is 8.00. The number of carboxylic acids is 1. The van der Waals surface area contributed by atoms with Crippen LogP contribution in [0.4, 0.5) is 4.39 Å². The van der Waals surface area contributed by atoms with Crippen LogP contribution in [-0.4, -0.2) is 33.5 Å². The normalized spacial score (nSPS) is 12.5. The fraction of sp³-hybridized carbons (Fsp3) is 0.385. The largest absolute Gasteiger partial charge is 0.491 e. The number of hydrogen-bond donors (Lipinski definition) is 2. The van der Waals surface area contributed by atoms with Gasteiger partial charge < -0.3 is 19.5 Å². The summed E-state index contributed by atoms with van der Waals surface area (Å²) < 4.78 is 22.3. The van der Waals surface area contributed by atoms with E-state index < -0.39 is 28.8 Å². The highest BCUT2D eigenvalue weighted by atomic mass is 35.5. The molecule has 0 aliphatic carbocycles. The van der Waals surface area contributed by atoms with Gasteiger partial charge in [0.15, 0.2) is 0 Å². The molecule has 0 spiro atoms. The Hall–Kier alpha value is -2.90. The molecule has 0 saturated heterocycles. The number of rotatable bonds is 9. The van der Waals surface area contributed by atoms with Crippen LogP contribution in [-0.2, 0) is 6.42 Å². The Morgan fingerprint density at radius 1 is 1.18 bits per heavy atom. The van der Waals surface area contributed by atoms with Crippen LogP contribution in [0.1, 0.15) is 61.6 Å². The SMILES string of the molecule is CC(C)C[C@@H](CO)n1cc(C(=O)O)c(=O)c2cc(Cc3cccc(Cl)c3F)c(OC(C)C)cc21. The first-order valence-corrected chi connectivity index (χ1v) is 11.6. The number of ether oxygens (including phenoxy) is 1. The Morgan fingerprint density at radius 2 is 1.88 bits per heavy atom. The summed E-state index contributed by atoms with van der Waals surface area (Å²) in [7, 11) is 0. The van der Waals surface area contributed by atoms with Gasteiger partial charge in [0.05, 0.1) is 29.3 Å². The van der Waals surface area contributed by atoms with Crippen molar-refractivity contribution in [1.29, 1.82) is 0 Å². The van der Waals surface area contributed by atoms with Gasteiger partial charge in [-0.1, -0.05) is 37.6 Å². The second-order valence-corrected chi connectivity index (χ2v) is 9.49. The van der Waals surface area contributed by atoms with Gasteiger partial charge >= 0.3 is 5.97 Å². The third kappa shape index (κ3) is 5.42. The number of carboxylic acid groups (broad SMARTS) is 1. The first-order valence-electron chi connectivity index (χ1n) is 11.2. The van der Waals surface area contributed by atoms with Crippen LogP contribution in [0.5, 0.6) is 5.75 Å². The van der Waals surface area contributed by atoms with Gasteiger partial charge in [-0.3, -0.25) is 4.79 Å². The van der Waals surface area contributed by atoms with E-state index in [0.29, 0.717) is 28.8 Å². The summed E-state index contributed by atoms with van der Waals surface area (Å²) in [5.74, 6) is -1.25. The smallest absolute Gasteiger partial charge is 0.341 e. The van der Waals surface area contributed by atoms with Crippen LogP contribution in [0.25, 0.3) is 10.9 Å². The number of aliphatic hydroxyl groups excluding tert-OH is 1. The van der Waals surface area contributed by atoms with Crippen molar-refractivity contribution in [1.82, 2.24) is 4.57 Å². The third-order valence-electron chi connectivity index (χ3n) is 5.57. The van der Waals surface area contributed by atoms with Crippen LogP contribution in [0, 0.1) is 11.7 Å². The van der Waals surface area contributed by atoms with Gasteiger partial charge in [0.25, 0.3) is 0 Å². The minimum atomic E-state index is -1.35. The van der Waals surface area contributed by atoms with E-state index in [2.05, 4.69) is 0 Å². The summed E-state index contributed by atoms with van der Waals surface area (Å²) in [5.41, 5.74) is 0.248. The molecular weight excluding hydrogens is 461 g/mol. The molecule has 1 aromatic heterocycles. The average Bonchev–Trinajstić information content (AvgIpc) is 2.75. The summed E-state index contributed by atoms with van der Waals surface area (Å²) in [5, 5.41) is 19.9. The predicted octanol–water partition coefficient (Wildman–Crippen LogP) is 5.45. The van der Waals surface area contributed by atoms with E-state index in [-0.39, 0.29) is 35.5 Å². The number of hydrogen-bond acceptors (Lipinski definition) is 4. The highest BCUT2D eigenvalue weighted by molar-refractivity contribution is 6.30. The van der Waals surface area contributed by atoms with Crippen LogP contribution >= 0.6 is 11.6 Å². The second-order valence-electron chi connectivity index (χ2n) is 9.08. The molecule has 1 atom stereocenters. The van der Waals surface area contributed by atoms with E-state index in [1.807, 2.05) is 27.7 Å². The van der Waals surface area contributed by atoms with Crippen molar-refractivity contribution in [2.45, 2.75) is 52.7 Å². The van der Waals surface area contributed by atoms with Gasteiger partial charge in [-0.05, 0) is 49.4 Å². The van der Waals surface area contributed by atoms with Crippen LogP contribution in [0.2, 0.25) is 5.02 Å². The van der Waals surface area contributed by atoms with Crippen molar-refractivity contribution in [3.63, 3.8) is 0 Å². The molecule has 2 aromatic carbocycles. The molecule has 3 aromatic rings. The van der Waals surface area contributed by atoms with Crippen molar-refractivity contribution in [3.8, 4) is 5.75 Å². The topological polar surface area (TPSA) is 88.8 Å². The Labute approximate surface area is 202 Å². The van der Waals surface area contributed by atoms with E-state index in [1.165, 1.54) is 12.3 Å². The van der Waals surface area contributed by atoms with E-state index in [4.69, 9.17) is 16.3 Å². The van der Waals surface area contributed by atoms with E-state index in [9.17, 15) is 24.2 Å². The molecule has 1 heterocycles. The monoisotopic (exact) mass is 489 g/mol. The lowest BCUT2D eigenvalue weighted by Crippen LogP contribution is -2.24. The van der Waals surface area contributed by atoms with Gasteiger partial charge in [0.2, 0.25) is 5.43 Å². The molecule has 34 heavy (non-hydrogen) atoms. The highest BCUT2D eigenvalue weighted by Crippen LogP contribution is 2.32. The first-order chi connectivity index (χ1) is 16.0. The zero-order valence-corrected chi connectivity index (χ0v) is 20.4. The van der Waals surface area contributed by atoms with Crippen LogP contribution < -0.4 is 10.2 Å². The lowest BCUT2D eigenvalue weighted by molar-refractivity contribution is 0.0694. The molecule has 0 saturated carbocycles. The Morgan fingerprint density at radius 3 is 2.47 bits per heavy atom.